The smallest absolute Gasteiger partial charge is 0.234 e. The molecule has 1 N–H and O–H groups in total. The van der Waals surface area contributed by atoms with Crippen LogP contribution in [0.4, 0.5) is 0 Å². The summed E-state index contributed by atoms with van der Waals surface area (Å²) in [5, 5.41) is 2.97. The Bertz CT molecular complexity index is 654. The number of likely N-dealkylation sites (tertiary alicyclic amines) is 1. The molecule has 0 aromatic carbocycles. The van der Waals surface area contributed by atoms with Gasteiger partial charge >= 0.3 is 0 Å². The highest BCUT2D eigenvalue weighted by atomic mass is 16.3. The zero-order chi connectivity index (χ0) is 16.8. The molecule has 1 aliphatic heterocycles. The van der Waals surface area contributed by atoms with E-state index >= 15 is 0 Å². The third kappa shape index (κ3) is 4.45. The molecule has 1 amide bonds. The molecular formula is C19H25N3O2. The van der Waals surface area contributed by atoms with Crippen LogP contribution < -0.4 is 5.32 Å². The van der Waals surface area contributed by atoms with E-state index < -0.39 is 0 Å². The Morgan fingerprint density at radius 2 is 2.21 bits per heavy atom. The van der Waals surface area contributed by atoms with Gasteiger partial charge in [-0.15, -0.1) is 0 Å². The number of nitrogens with one attached hydrogen (secondary N) is 1. The lowest BCUT2D eigenvalue weighted by molar-refractivity contribution is -0.123. The molecule has 1 unspecified atom stereocenters. The van der Waals surface area contributed by atoms with Crippen molar-refractivity contribution < 1.29 is 9.21 Å². The van der Waals surface area contributed by atoms with E-state index in [-0.39, 0.29) is 11.9 Å². The average molecular weight is 327 g/mol. The van der Waals surface area contributed by atoms with Crippen molar-refractivity contribution in [3.63, 3.8) is 0 Å². The average Bonchev–Trinajstić information content (AvgIpc) is 2.89. The van der Waals surface area contributed by atoms with Gasteiger partial charge in [0.05, 0.1) is 24.8 Å². The number of carbonyl (C=O) groups excluding carboxylic acids is 1. The minimum atomic E-state index is 0.0378. The van der Waals surface area contributed by atoms with Gasteiger partial charge in [0, 0.05) is 6.20 Å². The number of rotatable bonds is 5. The van der Waals surface area contributed by atoms with Gasteiger partial charge in [-0.25, -0.2) is 0 Å². The van der Waals surface area contributed by atoms with Crippen molar-refractivity contribution in [2.75, 3.05) is 13.1 Å². The summed E-state index contributed by atoms with van der Waals surface area (Å²) >= 11 is 0. The third-order valence-electron chi connectivity index (χ3n) is 4.49. The Hall–Kier alpha value is -2.14. The maximum atomic E-state index is 12.4. The van der Waals surface area contributed by atoms with Crippen LogP contribution in [-0.4, -0.2) is 28.9 Å². The fourth-order valence-electron chi connectivity index (χ4n) is 3.24. The Kier molecular flexibility index (Phi) is 5.64. The number of hydrogen-bond donors (Lipinski definition) is 1. The quantitative estimate of drug-likeness (QED) is 0.916. The standard InChI is InChI=1S/C19H25N3O2/c1-15-9-10-18(24-15)17-8-3-2-6-12-22(17)14-19(23)21-13-16-7-4-5-11-20-16/h4-5,7,9-11,17H,2-3,6,8,12-14H2,1H3,(H,21,23). The number of amides is 1. The Labute approximate surface area is 143 Å². The summed E-state index contributed by atoms with van der Waals surface area (Å²) in [5.41, 5.74) is 0.875. The highest BCUT2D eigenvalue weighted by molar-refractivity contribution is 5.78. The molecule has 24 heavy (non-hydrogen) atoms. The van der Waals surface area contributed by atoms with Gasteiger partial charge in [-0.1, -0.05) is 18.9 Å². The maximum Gasteiger partial charge on any atom is 0.234 e. The fourth-order valence-corrected chi connectivity index (χ4v) is 3.24. The van der Waals surface area contributed by atoms with Crippen LogP contribution in [-0.2, 0) is 11.3 Å². The van der Waals surface area contributed by atoms with E-state index in [1.807, 2.05) is 37.3 Å². The molecule has 128 valence electrons. The third-order valence-corrected chi connectivity index (χ3v) is 4.49. The predicted octanol–water partition coefficient (Wildman–Crippen LogP) is 3.22. The summed E-state index contributed by atoms with van der Waals surface area (Å²) in [4.78, 5) is 18.9. The Morgan fingerprint density at radius 1 is 1.29 bits per heavy atom. The molecule has 1 saturated heterocycles. The van der Waals surface area contributed by atoms with E-state index in [1.54, 1.807) is 6.20 Å². The maximum absolute atomic E-state index is 12.4. The van der Waals surface area contributed by atoms with Crippen LogP contribution in [0.2, 0.25) is 0 Å². The number of pyridine rings is 1. The van der Waals surface area contributed by atoms with Crippen LogP contribution >= 0.6 is 0 Å². The first-order valence-corrected chi connectivity index (χ1v) is 8.69. The SMILES string of the molecule is Cc1ccc(C2CCCCCN2CC(=O)NCc2ccccn2)o1. The van der Waals surface area contributed by atoms with Crippen molar-refractivity contribution in [2.45, 2.75) is 45.2 Å². The molecule has 2 aromatic rings. The van der Waals surface area contributed by atoms with Crippen LogP contribution in [0.15, 0.2) is 40.9 Å². The highest BCUT2D eigenvalue weighted by Gasteiger charge is 2.26. The second-order valence-corrected chi connectivity index (χ2v) is 6.38. The summed E-state index contributed by atoms with van der Waals surface area (Å²) in [6.07, 6.45) is 6.30. The summed E-state index contributed by atoms with van der Waals surface area (Å²) in [6.45, 7) is 3.76. The van der Waals surface area contributed by atoms with Crippen molar-refractivity contribution in [1.29, 1.82) is 0 Å². The van der Waals surface area contributed by atoms with E-state index in [4.69, 9.17) is 4.42 Å². The minimum Gasteiger partial charge on any atom is -0.465 e. The molecule has 0 radical (unpaired) electrons. The number of furan rings is 1. The molecule has 1 atom stereocenters. The molecule has 3 heterocycles. The summed E-state index contributed by atoms with van der Waals surface area (Å²) in [7, 11) is 0. The molecule has 5 heteroatoms. The van der Waals surface area contributed by atoms with Crippen molar-refractivity contribution in [3.8, 4) is 0 Å². The van der Waals surface area contributed by atoms with E-state index in [2.05, 4.69) is 15.2 Å². The molecule has 5 nitrogen and oxygen atoms in total. The number of hydrogen-bond acceptors (Lipinski definition) is 4. The zero-order valence-corrected chi connectivity index (χ0v) is 14.2. The second-order valence-electron chi connectivity index (χ2n) is 6.38. The molecule has 0 saturated carbocycles. The molecule has 3 rings (SSSR count). The first-order valence-electron chi connectivity index (χ1n) is 8.69. The first kappa shape index (κ1) is 16.7. The molecule has 0 bridgehead atoms. The molecule has 0 aliphatic carbocycles. The molecule has 1 fully saturated rings. The zero-order valence-electron chi connectivity index (χ0n) is 14.2. The number of carbonyl (C=O) groups is 1. The van der Waals surface area contributed by atoms with Crippen LogP contribution in [0.5, 0.6) is 0 Å². The lowest BCUT2D eigenvalue weighted by Gasteiger charge is -2.27. The molecule has 2 aromatic heterocycles. The van der Waals surface area contributed by atoms with E-state index in [0.717, 1.165) is 36.6 Å². The van der Waals surface area contributed by atoms with Gasteiger partial charge in [0.1, 0.15) is 11.5 Å². The van der Waals surface area contributed by atoms with Crippen molar-refractivity contribution in [2.24, 2.45) is 0 Å². The second kappa shape index (κ2) is 8.11. The summed E-state index contributed by atoms with van der Waals surface area (Å²) in [5.74, 6) is 1.94. The van der Waals surface area contributed by atoms with Crippen LogP contribution in [0, 0.1) is 6.92 Å². The number of aryl methyl sites for hydroxylation is 1. The van der Waals surface area contributed by atoms with Crippen molar-refractivity contribution >= 4 is 5.91 Å². The normalized spacial score (nSPS) is 19.0. The number of aromatic nitrogens is 1. The monoisotopic (exact) mass is 327 g/mol. The lowest BCUT2D eigenvalue weighted by atomic mass is 10.1. The van der Waals surface area contributed by atoms with Crippen LogP contribution in [0.1, 0.15) is 48.9 Å². The van der Waals surface area contributed by atoms with Crippen molar-refractivity contribution in [1.82, 2.24) is 15.2 Å². The van der Waals surface area contributed by atoms with Gasteiger partial charge in [-0.3, -0.25) is 14.7 Å². The largest absolute Gasteiger partial charge is 0.465 e. The van der Waals surface area contributed by atoms with Gasteiger partial charge in [0.2, 0.25) is 5.91 Å². The molecule has 1 aliphatic rings. The van der Waals surface area contributed by atoms with Gasteiger partial charge in [0.25, 0.3) is 0 Å². The fraction of sp³-hybridized carbons (Fsp3) is 0.474. The van der Waals surface area contributed by atoms with Gasteiger partial charge in [-0.2, -0.15) is 0 Å². The van der Waals surface area contributed by atoms with Crippen molar-refractivity contribution in [3.05, 3.63) is 53.7 Å². The Balaban J connectivity index is 1.60. The lowest BCUT2D eigenvalue weighted by Crippen LogP contribution is -2.39. The molecule has 0 spiro atoms. The van der Waals surface area contributed by atoms with E-state index in [1.165, 1.54) is 12.8 Å². The number of nitrogens with zero attached hydrogens (tertiary/aromatic N) is 2. The summed E-state index contributed by atoms with van der Waals surface area (Å²) in [6, 6.07) is 9.96. The highest BCUT2D eigenvalue weighted by Crippen LogP contribution is 2.30. The first-order chi connectivity index (χ1) is 11.7. The Morgan fingerprint density at radius 3 is 2.96 bits per heavy atom. The van der Waals surface area contributed by atoms with Gasteiger partial charge in [0.15, 0.2) is 0 Å². The van der Waals surface area contributed by atoms with E-state index in [0.29, 0.717) is 13.1 Å². The van der Waals surface area contributed by atoms with Crippen LogP contribution in [0.25, 0.3) is 0 Å². The van der Waals surface area contributed by atoms with Gasteiger partial charge < -0.3 is 9.73 Å². The minimum absolute atomic E-state index is 0.0378. The van der Waals surface area contributed by atoms with Gasteiger partial charge in [-0.05, 0) is 50.6 Å². The van der Waals surface area contributed by atoms with E-state index in [9.17, 15) is 4.79 Å². The predicted molar refractivity (Wildman–Crippen MR) is 92.3 cm³/mol. The molecular weight excluding hydrogens is 302 g/mol. The summed E-state index contributed by atoms with van der Waals surface area (Å²) < 4.78 is 5.84. The van der Waals surface area contributed by atoms with Crippen LogP contribution in [0.3, 0.4) is 0 Å². The topological polar surface area (TPSA) is 58.4 Å².